The fourth-order valence-corrected chi connectivity index (χ4v) is 3.20. The maximum absolute atomic E-state index is 12.9. The summed E-state index contributed by atoms with van der Waals surface area (Å²) in [6.07, 6.45) is 1.26. The van der Waals surface area contributed by atoms with Gasteiger partial charge >= 0.3 is 6.61 Å². The number of halogens is 3. The van der Waals surface area contributed by atoms with E-state index in [1.165, 1.54) is 23.1 Å². The van der Waals surface area contributed by atoms with Gasteiger partial charge in [0.2, 0.25) is 0 Å². The van der Waals surface area contributed by atoms with Crippen LogP contribution in [0.1, 0.15) is 22.3 Å². The van der Waals surface area contributed by atoms with Crippen LogP contribution in [0, 0.1) is 10.1 Å². The predicted octanol–water partition coefficient (Wildman–Crippen LogP) is 4.44. The molecule has 0 bridgehead atoms. The quantitative estimate of drug-likeness (QED) is 0.578. The summed E-state index contributed by atoms with van der Waals surface area (Å²) >= 11 is 6.04. The fourth-order valence-electron chi connectivity index (χ4n) is 2.95. The molecule has 1 aliphatic rings. The molecule has 0 saturated carbocycles. The van der Waals surface area contributed by atoms with E-state index < -0.39 is 17.4 Å². The number of hydrogen-bond donors (Lipinski definition) is 0. The maximum Gasteiger partial charge on any atom is 0.387 e. The Labute approximate surface area is 152 Å². The zero-order valence-electron chi connectivity index (χ0n) is 13.3. The molecule has 0 radical (unpaired) electrons. The highest BCUT2D eigenvalue weighted by Crippen LogP contribution is 2.38. The number of benzene rings is 2. The average Bonchev–Trinajstić information content (AvgIpc) is 2.60. The topological polar surface area (TPSA) is 72.7 Å². The van der Waals surface area contributed by atoms with Crippen LogP contribution in [-0.4, -0.2) is 24.0 Å². The molecule has 1 aliphatic heterocycles. The van der Waals surface area contributed by atoms with Crippen molar-refractivity contribution in [2.45, 2.75) is 19.5 Å². The van der Waals surface area contributed by atoms with Crippen LogP contribution in [0.4, 0.5) is 20.2 Å². The number of aryl methyl sites for hydroxylation is 1. The third-order valence-electron chi connectivity index (χ3n) is 4.04. The lowest BCUT2D eigenvalue weighted by Crippen LogP contribution is -2.36. The number of carbonyl (C=O) groups excluding carboxylic acids is 1. The van der Waals surface area contributed by atoms with Crippen molar-refractivity contribution in [3.63, 3.8) is 0 Å². The Balaban J connectivity index is 2.02. The third kappa shape index (κ3) is 3.45. The molecule has 1 heterocycles. The van der Waals surface area contributed by atoms with Crippen molar-refractivity contribution in [3.8, 4) is 5.75 Å². The van der Waals surface area contributed by atoms with Gasteiger partial charge in [0.1, 0.15) is 5.75 Å². The molecule has 0 saturated heterocycles. The van der Waals surface area contributed by atoms with Crippen LogP contribution in [0.5, 0.6) is 5.75 Å². The Morgan fingerprint density at radius 1 is 1.31 bits per heavy atom. The molecular formula is C17H13ClF2N2O4. The zero-order valence-corrected chi connectivity index (χ0v) is 14.1. The smallest absolute Gasteiger partial charge is 0.387 e. The maximum atomic E-state index is 12.9. The number of para-hydroxylation sites is 1. The van der Waals surface area contributed by atoms with Crippen LogP contribution in [0.2, 0.25) is 5.02 Å². The van der Waals surface area contributed by atoms with Gasteiger partial charge in [0.05, 0.1) is 21.2 Å². The molecule has 136 valence electrons. The van der Waals surface area contributed by atoms with E-state index >= 15 is 0 Å². The fraction of sp³-hybridized carbons (Fsp3) is 0.235. The number of nitro benzene ring substituents is 1. The van der Waals surface area contributed by atoms with E-state index in [4.69, 9.17) is 11.6 Å². The first kappa shape index (κ1) is 18.1. The molecule has 26 heavy (non-hydrogen) atoms. The number of fused-ring (bicyclic) bond motifs is 1. The minimum Gasteiger partial charge on any atom is -0.433 e. The first-order valence-electron chi connectivity index (χ1n) is 7.71. The largest absolute Gasteiger partial charge is 0.433 e. The number of rotatable bonds is 4. The van der Waals surface area contributed by atoms with Crippen LogP contribution in [0.3, 0.4) is 0 Å². The van der Waals surface area contributed by atoms with Gasteiger partial charge in [0.15, 0.2) is 0 Å². The van der Waals surface area contributed by atoms with Crippen molar-refractivity contribution in [3.05, 3.63) is 62.7 Å². The van der Waals surface area contributed by atoms with Gasteiger partial charge in [0, 0.05) is 18.7 Å². The van der Waals surface area contributed by atoms with E-state index in [9.17, 15) is 23.7 Å². The van der Waals surface area contributed by atoms with Gasteiger partial charge in [-0.2, -0.15) is 8.78 Å². The normalized spacial score (nSPS) is 13.5. The predicted molar refractivity (Wildman–Crippen MR) is 91.2 cm³/mol. The molecule has 0 atom stereocenters. The summed E-state index contributed by atoms with van der Waals surface area (Å²) in [5.74, 6) is -0.625. The lowest BCUT2D eigenvalue weighted by atomic mass is 10.00. The first-order chi connectivity index (χ1) is 12.4. The van der Waals surface area contributed by atoms with Gasteiger partial charge in [-0.1, -0.05) is 23.7 Å². The van der Waals surface area contributed by atoms with Crippen LogP contribution >= 0.6 is 11.6 Å². The summed E-state index contributed by atoms with van der Waals surface area (Å²) in [5, 5.41) is 10.7. The SMILES string of the molecule is O=C(c1ccc([N+](=O)[O-])cc1Cl)N1CCCc2cccc(OC(F)F)c21. The van der Waals surface area contributed by atoms with Gasteiger partial charge in [-0.3, -0.25) is 14.9 Å². The molecule has 0 aliphatic carbocycles. The van der Waals surface area contributed by atoms with Crippen molar-refractivity contribution < 1.29 is 23.2 Å². The second-order valence-electron chi connectivity index (χ2n) is 5.62. The van der Waals surface area contributed by atoms with Crippen LogP contribution in [0.15, 0.2) is 36.4 Å². The molecule has 0 spiro atoms. The average molecular weight is 383 g/mol. The van der Waals surface area contributed by atoms with Gasteiger partial charge in [-0.15, -0.1) is 0 Å². The number of hydrogen-bond acceptors (Lipinski definition) is 4. The number of carbonyl (C=O) groups is 1. The van der Waals surface area contributed by atoms with Gasteiger partial charge < -0.3 is 9.64 Å². The standard InChI is InChI=1S/C17H13ClF2N2O4/c18-13-9-11(22(24)25)6-7-12(13)16(23)21-8-2-4-10-3-1-5-14(15(10)21)26-17(19)20/h1,3,5-7,9,17H,2,4,8H2. The van der Waals surface area contributed by atoms with E-state index in [2.05, 4.69) is 4.74 Å². The van der Waals surface area contributed by atoms with Gasteiger partial charge in [-0.05, 0) is 30.5 Å². The molecule has 0 N–H and O–H groups in total. The highest BCUT2D eigenvalue weighted by atomic mass is 35.5. The number of anilines is 1. The summed E-state index contributed by atoms with van der Waals surface area (Å²) < 4.78 is 30.0. The summed E-state index contributed by atoms with van der Waals surface area (Å²) in [5.41, 5.74) is 0.795. The minimum atomic E-state index is -3.02. The van der Waals surface area contributed by atoms with E-state index in [-0.39, 0.29) is 27.7 Å². The lowest BCUT2D eigenvalue weighted by molar-refractivity contribution is -0.384. The highest BCUT2D eigenvalue weighted by molar-refractivity contribution is 6.34. The Bertz CT molecular complexity index is 876. The molecular weight excluding hydrogens is 370 g/mol. The summed E-state index contributed by atoms with van der Waals surface area (Å²) in [4.78, 5) is 24.4. The van der Waals surface area contributed by atoms with Crippen molar-refractivity contribution in [2.75, 3.05) is 11.4 Å². The van der Waals surface area contributed by atoms with Crippen LogP contribution in [0.25, 0.3) is 0 Å². The van der Waals surface area contributed by atoms with E-state index in [0.29, 0.717) is 24.9 Å². The summed E-state index contributed by atoms with van der Waals surface area (Å²) in [6, 6.07) is 8.21. The molecule has 0 unspecified atom stereocenters. The number of nitrogens with zero attached hydrogens (tertiary/aromatic N) is 2. The summed E-state index contributed by atoms with van der Waals surface area (Å²) in [7, 11) is 0. The molecule has 6 nitrogen and oxygen atoms in total. The third-order valence-corrected chi connectivity index (χ3v) is 4.35. The second kappa shape index (κ2) is 7.25. The Morgan fingerprint density at radius 2 is 2.08 bits per heavy atom. The lowest BCUT2D eigenvalue weighted by Gasteiger charge is -2.31. The molecule has 0 fully saturated rings. The number of alkyl halides is 2. The highest BCUT2D eigenvalue weighted by Gasteiger charge is 2.29. The Hall–Kier alpha value is -2.74. The number of non-ortho nitro benzene ring substituents is 1. The monoisotopic (exact) mass is 382 g/mol. The molecule has 9 heteroatoms. The Kier molecular flexibility index (Phi) is 5.03. The number of ether oxygens (including phenoxy) is 1. The van der Waals surface area contributed by atoms with Crippen LogP contribution < -0.4 is 9.64 Å². The van der Waals surface area contributed by atoms with Gasteiger partial charge in [0.25, 0.3) is 11.6 Å². The van der Waals surface area contributed by atoms with Gasteiger partial charge in [-0.25, -0.2) is 0 Å². The summed E-state index contributed by atoms with van der Waals surface area (Å²) in [6.45, 7) is -2.73. The molecule has 0 aromatic heterocycles. The molecule has 2 aromatic carbocycles. The first-order valence-corrected chi connectivity index (χ1v) is 8.09. The Morgan fingerprint density at radius 3 is 2.73 bits per heavy atom. The molecule has 1 amide bonds. The molecule has 2 aromatic rings. The van der Waals surface area contributed by atoms with Crippen molar-refractivity contribution in [2.24, 2.45) is 0 Å². The van der Waals surface area contributed by atoms with E-state index in [0.717, 1.165) is 6.07 Å². The zero-order chi connectivity index (χ0) is 18.8. The second-order valence-corrected chi connectivity index (χ2v) is 6.03. The number of amides is 1. The number of nitro groups is 1. The van der Waals surface area contributed by atoms with Crippen molar-refractivity contribution in [1.29, 1.82) is 0 Å². The van der Waals surface area contributed by atoms with E-state index in [1.807, 2.05) is 0 Å². The van der Waals surface area contributed by atoms with Crippen molar-refractivity contribution in [1.82, 2.24) is 0 Å². The minimum absolute atomic E-state index is 0.0527. The van der Waals surface area contributed by atoms with Crippen LogP contribution in [-0.2, 0) is 6.42 Å². The van der Waals surface area contributed by atoms with Crippen molar-refractivity contribution >= 4 is 28.9 Å². The van der Waals surface area contributed by atoms with E-state index in [1.54, 1.807) is 12.1 Å². The molecule has 3 rings (SSSR count).